The van der Waals surface area contributed by atoms with Gasteiger partial charge < -0.3 is 10.3 Å². The van der Waals surface area contributed by atoms with Gasteiger partial charge in [-0.1, -0.05) is 35.5 Å². The number of nitrogens with zero attached hydrogens (tertiary/aromatic N) is 2. The van der Waals surface area contributed by atoms with Gasteiger partial charge >= 0.3 is 0 Å². The van der Waals surface area contributed by atoms with Gasteiger partial charge in [0.25, 0.3) is 5.69 Å². The average molecular weight is 377 g/mol. The molecule has 0 spiro atoms. The van der Waals surface area contributed by atoms with Crippen LogP contribution >= 0.6 is 23.4 Å². The number of H-pyrrole nitrogens is 1. The highest BCUT2D eigenvalue weighted by Gasteiger charge is 2.18. The molecular weight excluding hydrogens is 364 g/mol. The molecule has 0 saturated carbocycles. The molecule has 2 N–H and O–H groups in total. The predicted octanol–water partition coefficient (Wildman–Crippen LogP) is 4.24. The number of carbonyl (C=O) groups is 1. The Morgan fingerprint density at radius 1 is 1.36 bits per heavy atom. The standard InChI is InChI=1S/C16H13ClN4O3S/c1-9(25-16-19-13-4-2-3-5-14(13)20-16)15(22)18-12-7-6-10(21(23)24)8-11(12)17/h2-9H,1H3,(H,18,22)(H,19,20). The first-order chi connectivity index (χ1) is 11.9. The van der Waals surface area contributed by atoms with E-state index in [-0.39, 0.29) is 16.6 Å². The molecule has 0 saturated heterocycles. The number of carbonyl (C=O) groups excluding carboxylic acids is 1. The minimum atomic E-state index is -0.544. The molecular formula is C16H13ClN4O3S. The van der Waals surface area contributed by atoms with Gasteiger partial charge in [-0.2, -0.15) is 0 Å². The number of imidazole rings is 1. The van der Waals surface area contributed by atoms with Gasteiger partial charge in [0.2, 0.25) is 5.91 Å². The minimum Gasteiger partial charge on any atom is -0.333 e. The summed E-state index contributed by atoms with van der Waals surface area (Å²) in [6.45, 7) is 1.74. The van der Waals surface area contributed by atoms with Gasteiger partial charge in [0.05, 0.1) is 31.9 Å². The van der Waals surface area contributed by atoms with Crippen LogP contribution in [0, 0.1) is 10.1 Å². The molecule has 128 valence electrons. The molecule has 0 aliphatic heterocycles. The molecule has 1 unspecified atom stereocenters. The van der Waals surface area contributed by atoms with E-state index in [1.54, 1.807) is 6.92 Å². The second-order valence-electron chi connectivity index (χ2n) is 5.23. The van der Waals surface area contributed by atoms with Gasteiger partial charge in [-0.25, -0.2) is 4.98 Å². The molecule has 3 aromatic rings. The van der Waals surface area contributed by atoms with E-state index in [0.29, 0.717) is 10.8 Å². The van der Waals surface area contributed by atoms with Crippen molar-refractivity contribution in [3.63, 3.8) is 0 Å². The number of nitro benzene ring substituents is 1. The number of hydrogen-bond donors (Lipinski definition) is 2. The molecule has 1 aromatic heterocycles. The molecule has 9 heteroatoms. The maximum Gasteiger partial charge on any atom is 0.271 e. The van der Waals surface area contributed by atoms with Crippen molar-refractivity contribution in [1.29, 1.82) is 0 Å². The largest absolute Gasteiger partial charge is 0.333 e. The second kappa shape index (κ2) is 7.12. The van der Waals surface area contributed by atoms with E-state index in [1.807, 2.05) is 24.3 Å². The Hall–Kier alpha value is -2.58. The van der Waals surface area contributed by atoms with Crippen molar-refractivity contribution in [3.8, 4) is 0 Å². The summed E-state index contributed by atoms with van der Waals surface area (Å²) >= 11 is 7.27. The lowest BCUT2D eigenvalue weighted by Gasteiger charge is -2.11. The lowest BCUT2D eigenvalue weighted by atomic mass is 10.2. The van der Waals surface area contributed by atoms with E-state index in [2.05, 4.69) is 15.3 Å². The summed E-state index contributed by atoms with van der Waals surface area (Å²) in [6, 6.07) is 11.5. The Morgan fingerprint density at radius 2 is 2.12 bits per heavy atom. The fraction of sp³-hybridized carbons (Fsp3) is 0.125. The summed E-state index contributed by atoms with van der Waals surface area (Å²) in [5.74, 6) is -0.277. The highest BCUT2D eigenvalue weighted by atomic mass is 35.5. The van der Waals surface area contributed by atoms with Crippen LogP contribution in [0.1, 0.15) is 6.92 Å². The molecule has 0 aliphatic carbocycles. The average Bonchev–Trinajstić information content (AvgIpc) is 2.98. The summed E-state index contributed by atoms with van der Waals surface area (Å²) in [5, 5.41) is 13.7. The fourth-order valence-corrected chi connectivity index (χ4v) is 3.20. The molecule has 0 radical (unpaired) electrons. The number of halogens is 1. The van der Waals surface area contributed by atoms with Crippen molar-refractivity contribution in [2.75, 3.05) is 5.32 Å². The van der Waals surface area contributed by atoms with Crippen molar-refractivity contribution in [2.45, 2.75) is 17.3 Å². The number of non-ortho nitro benzene ring substituents is 1. The van der Waals surface area contributed by atoms with E-state index in [4.69, 9.17) is 11.6 Å². The molecule has 1 atom stereocenters. The number of aromatic amines is 1. The maximum atomic E-state index is 12.3. The van der Waals surface area contributed by atoms with Gasteiger partial charge in [-0.05, 0) is 25.1 Å². The first kappa shape index (κ1) is 17.2. The third-order valence-electron chi connectivity index (χ3n) is 3.45. The highest BCUT2D eigenvalue weighted by Crippen LogP contribution is 2.28. The van der Waals surface area contributed by atoms with Crippen LogP contribution in [-0.2, 0) is 4.79 Å². The molecule has 0 bridgehead atoms. The summed E-state index contributed by atoms with van der Waals surface area (Å²) in [6.07, 6.45) is 0. The Bertz CT molecular complexity index is 926. The van der Waals surface area contributed by atoms with E-state index in [1.165, 1.54) is 30.0 Å². The number of aromatic nitrogens is 2. The number of para-hydroxylation sites is 2. The predicted molar refractivity (Wildman–Crippen MR) is 98.1 cm³/mol. The Kier molecular flexibility index (Phi) is 4.91. The van der Waals surface area contributed by atoms with Gasteiger partial charge in [-0.15, -0.1) is 0 Å². The monoisotopic (exact) mass is 376 g/mol. The van der Waals surface area contributed by atoms with Gasteiger partial charge in [0.1, 0.15) is 0 Å². The number of hydrogen-bond acceptors (Lipinski definition) is 5. The third kappa shape index (κ3) is 3.92. The summed E-state index contributed by atoms with van der Waals surface area (Å²) < 4.78 is 0. The van der Waals surface area contributed by atoms with Crippen molar-refractivity contribution in [1.82, 2.24) is 9.97 Å². The Morgan fingerprint density at radius 3 is 2.80 bits per heavy atom. The molecule has 25 heavy (non-hydrogen) atoms. The zero-order valence-corrected chi connectivity index (χ0v) is 14.6. The van der Waals surface area contributed by atoms with Gasteiger partial charge in [-0.3, -0.25) is 14.9 Å². The SMILES string of the molecule is CC(Sc1nc2ccccc2[nH]1)C(=O)Nc1ccc([N+](=O)[O-])cc1Cl. The first-order valence-corrected chi connectivity index (χ1v) is 8.56. The second-order valence-corrected chi connectivity index (χ2v) is 6.97. The van der Waals surface area contributed by atoms with Crippen LogP contribution in [0.4, 0.5) is 11.4 Å². The van der Waals surface area contributed by atoms with Crippen molar-refractivity contribution in [2.24, 2.45) is 0 Å². The number of rotatable bonds is 5. The molecule has 1 amide bonds. The molecule has 1 heterocycles. The number of benzene rings is 2. The number of nitro groups is 1. The van der Waals surface area contributed by atoms with Crippen LogP contribution < -0.4 is 5.32 Å². The van der Waals surface area contributed by atoms with Crippen LogP contribution in [0.2, 0.25) is 5.02 Å². The Labute approximate surface area is 151 Å². The van der Waals surface area contributed by atoms with Crippen LogP contribution in [0.15, 0.2) is 47.6 Å². The number of fused-ring (bicyclic) bond motifs is 1. The number of anilines is 1. The van der Waals surface area contributed by atoms with Gasteiger partial charge in [0, 0.05) is 12.1 Å². The third-order valence-corrected chi connectivity index (χ3v) is 4.74. The summed E-state index contributed by atoms with van der Waals surface area (Å²) in [7, 11) is 0. The van der Waals surface area contributed by atoms with Crippen molar-refractivity contribution in [3.05, 3.63) is 57.6 Å². The van der Waals surface area contributed by atoms with Crippen LogP contribution in [0.5, 0.6) is 0 Å². The van der Waals surface area contributed by atoms with Crippen LogP contribution in [0.3, 0.4) is 0 Å². The quantitative estimate of drug-likeness (QED) is 0.394. The van der Waals surface area contributed by atoms with E-state index in [9.17, 15) is 14.9 Å². The number of amides is 1. The first-order valence-electron chi connectivity index (χ1n) is 7.30. The topological polar surface area (TPSA) is 101 Å². The molecule has 2 aromatic carbocycles. The van der Waals surface area contributed by atoms with Crippen molar-refractivity contribution < 1.29 is 9.72 Å². The van der Waals surface area contributed by atoms with E-state index < -0.39 is 10.2 Å². The van der Waals surface area contributed by atoms with E-state index >= 15 is 0 Å². The molecule has 0 fully saturated rings. The Balaban J connectivity index is 1.69. The highest BCUT2D eigenvalue weighted by molar-refractivity contribution is 8.00. The fourth-order valence-electron chi connectivity index (χ4n) is 2.16. The van der Waals surface area contributed by atoms with Crippen molar-refractivity contribution >= 4 is 51.7 Å². The lowest BCUT2D eigenvalue weighted by Crippen LogP contribution is -2.22. The van der Waals surface area contributed by atoms with Crippen LogP contribution in [0.25, 0.3) is 11.0 Å². The summed E-state index contributed by atoms with van der Waals surface area (Å²) in [5.41, 5.74) is 1.93. The molecule has 3 rings (SSSR count). The smallest absolute Gasteiger partial charge is 0.271 e. The minimum absolute atomic E-state index is 0.114. The number of thioether (sulfide) groups is 1. The van der Waals surface area contributed by atoms with E-state index in [0.717, 1.165) is 11.0 Å². The number of nitrogens with one attached hydrogen (secondary N) is 2. The summed E-state index contributed by atoms with van der Waals surface area (Å²) in [4.78, 5) is 30.1. The molecule has 0 aliphatic rings. The zero-order valence-electron chi connectivity index (χ0n) is 13.0. The maximum absolute atomic E-state index is 12.3. The van der Waals surface area contributed by atoms with Gasteiger partial charge in [0.15, 0.2) is 5.16 Å². The molecule has 7 nitrogen and oxygen atoms in total. The zero-order chi connectivity index (χ0) is 18.0. The van der Waals surface area contributed by atoms with Crippen LogP contribution in [-0.4, -0.2) is 26.0 Å². The lowest BCUT2D eigenvalue weighted by molar-refractivity contribution is -0.384. The normalized spacial score (nSPS) is 12.1.